The van der Waals surface area contributed by atoms with Crippen molar-refractivity contribution in [2.24, 2.45) is 4.99 Å². The molecule has 0 spiro atoms. The predicted octanol–water partition coefficient (Wildman–Crippen LogP) is 0.313. The molecule has 0 aromatic carbocycles. The Kier molecular flexibility index (Phi) is 6.40. The zero-order chi connectivity index (χ0) is 8.97. The lowest BCUT2D eigenvalue weighted by molar-refractivity contribution is 0.197. The quantitative estimate of drug-likeness (QED) is 0.399. The highest BCUT2D eigenvalue weighted by Crippen LogP contribution is 2.18. The van der Waals surface area contributed by atoms with Crippen LogP contribution in [0.1, 0.15) is 19.8 Å². The molecule has 78 valence electrons. The highest BCUT2D eigenvalue weighted by Gasteiger charge is 2.21. The number of aliphatic hydroxyl groups excluding tert-OH is 1. The van der Waals surface area contributed by atoms with Crippen LogP contribution < -0.4 is 10.6 Å². The van der Waals surface area contributed by atoms with Gasteiger partial charge in [0.25, 0.3) is 0 Å². The highest BCUT2D eigenvalue weighted by molar-refractivity contribution is 14.0. The van der Waals surface area contributed by atoms with Crippen LogP contribution in [0.25, 0.3) is 0 Å². The molecule has 0 radical (unpaired) electrons. The van der Waals surface area contributed by atoms with E-state index in [1.54, 1.807) is 14.0 Å². The standard InChI is InChI=1S/C8H17N3O.HI/c1-6(12)5-10-8(9-2)11-7-3-4-7;/h6-7,12H,3-5H2,1-2H3,(H2,9,10,11);1H/t6-;/m1./s1. The average molecular weight is 299 g/mol. The Labute approximate surface area is 96.2 Å². The van der Waals surface area contributed by atoms with E-state index < -0.39 is 0 Å². The fourth-order valence-electron chi connectivity index (χ4n) is 0.860. The summed E-state index contributed by atoms with van der Waals surface area (Å²) in [6, 6.07) is 0.602. The van der Waals surface area contributed by atoms with Crippen LogP contribution in [0.5, 0.6) is 0 Å². The number of nitrogens with one attached hydrogen (secondary N) is 2. The molecule has 1 aliphatic rings. The van der Waals surface area contributed by atoms with Gasteiger partial charge in [-0.15, -0.1) is 24.0 Å². The molecule has 5 heteroatoms. The van der Waals surface area contributed by atoms with Gasteiger partial charge in [-0.25, -0.2) is 0 Å². The van der Waals surface area contributed by atoms with Gasteiger partial charge >= 0.3 is 0 Å². The molecular weight excluding hydrogens is 281 g/mol. The Morgan fingerprint density at radius 1 is 1.62 bits per heavy atom. The van der Waals surface area contributed by atoms with Crippen molar-refractivity contribution in [3.8, 4) is 0 Å². The Morgan fingerprint density at radius 2 is 2.23 bits per heavy atom. The van der Waals surface area contributed by atoms with Gasteiger partial charge in [0.15, 0.2) is 5.96 Å². The van der Waals surface area contributed by atoms with E-state index in [2.05, 4.69) is 15.6 Å². The van der Waals surface area contributed by atoms with Gasteiger partial charge in [0.05, 0.1) is 6.10 Å². The molecule has 13 heavy (non-hydrogen) atoms. The van der Waals surface area contributed by atoms with Crippen molar-refractivity contribution in [3.63, 3.8) is 0 Å². The number of hydrogen-bond acceptors (Lipinski definition) is 2. The van der Waals surface area contributed by atoms with E-state index in [4.69, 9.17) is 5.11 Å². The Morgan fingerprint density at radius 3 is 2.62 bits per heavy atom. The van der Waals surface area contributed by atoms with E-state index in [-0.39, 0.29) is 30.1 Å². The van der Waals surface area contributed by atoms with Crippen LogP contribution in [0.3, 0.4) is 0 Å². The molecule has 0 amide bonds. The SMILES string of the molecule is CN=C(NC[C@@H](C)O)NC1CC1.I. The maximum absolute atomic E-state index is 9.00. The number of aliphatic hydroxyl groups is 1. The summed E-state index contributed by atoms with van der Waals surface area (Å²) < 4.78 is 0. The zero-order valence-electron chi connectivity index (χ0n) is 8.08. The lowest BCUT2D eigenvalue weighted by Crippen LogP contribution is -2.41. The maximum atomic E-state index is 9.00. The molecule has 0 bridgehead atoms. The number of aliphatic imine (C=N–C) groups is 1. The normalized spacial score (nSPS) is 18.8. The topological polar surface area (TPSA) is 56.7 Å². The van der Waals surface area contributed by atoms with Crippen molar-refractivity contribution in [1.82, 2.24) is 10.6 Å². The maximum Gasteiger partial charge on any atom is 0.191 e. The van der Waals surface area contributed by atoms with Crippen LogP contribution in [0.15, 0.2) is 4.99 Å². The van der Waals surface area contributed by atoms with Crippen molar-refractivity contribution in [2.45, 2.75) is 31.9 Å². The first-order valence-corrected chi connectivity index (χ1v) is 4.37. The molecule has 1 rings (SSSR count). The Bertz CT molecular complexity index is 169. The summed E-state index contributed by atoms with van der Waals surface area (Å²) in [7, 11) is 1.74. The van der Waals surface area contributed by atoms with Crippen LogP contribution in [0.4, 0.5) is 0 Å². The summed E-state index contributed by atoms with van der Waals surface area (Å²) in [5.74, 6) is 0.790. The number of hydrogen-bond donors (Lipinski definition) is 3. The van der Waals surface area contributed by atoms with Crippen molar-refractivity contribution in [3.05, 3.63) is 0 Å². The smallest absolute Gasteiger partial charge is 0.191 e. The lowest BCUT2D eigenvalue weighted by Gasteiger charge is -2.11. The molecule has 0 aromatic rings. The molecule has 1 aliphatic carbocycles. The van der Waals surface area contributed by atoms with Crippen LogP contribution >= 0.6 is 24.0 Å². The van der Waals surface area contributed by atoms with Gasteiger partial charge in [-0.1, -0.05) is 0 Å². The van der Waals surface area contributed by atoms with Gasteiger partial charge in [-0.3, -0.25) is 4.99 Å². The van der Waals surface area contributed by atoms with Crippen LogP contribution in [0, 0.1) is 0 Å². The molecule has 1 atom stereocenters. The number of halogens is 1. The van der Waals surface area contributed by atoms with E-state index in [0.717, 1.165) is 5.96 Å². The molecule has 0 heterocycles. The summed E-state index contributed by atoms with van der Waals surface area (Å²) in [5, 5.41) is 15.3. The lowest BCUT2D eigenvalue weighted by atomic mass is 10.4. The van der Waals surface area contributed by atoms with E-state index in [9.17, 15) is 0 Å². The number of nitrogens with zero attached hydrogens (tertiary/aromatic N) is 1. The third-order valence-corrected chi connectivity index (χ3v) is 1.71. The summed E-state index contributed by atoms with van der Waals surface area (Å²) in [4.78, 5) is 4.02. The molecule has 1 saturated carbocycles. The average Bonchev–Trinajstić information content (AvgIpc) is 2.81. The third kappa shape index (κ3) is 6.09. The molecule has 0 saturated heterocycles. The van der Waals surface area contributed by atoms with Gasteiger partial charge in [-0.05, 0) is 19.8 Å². The Hall–Kier alpha value is -0.0400. The second kappa shape index (κ2) is 6.42. The zero-order valence-corrected chi connectivity index (χ0v) is 10.4. The van der Waals surface area contributed by atoms with Gasteiger partial charge < -0.3 is 15.7 Å². The first-order chi connectivity index (χ1) is 5.72. The van der Waals surface area contributed by atoms with Crippen LogP contribution in [-0.4, -0.2) is 36.8 Å². The van der Waals surface area contributed by atoms with Crippen molar-refractivity contribution < 1.29 is 5.11 Å². The summed E-state index contributed by atoms with van der Waals surface area (Å²) in [5.41, 5.74) is 0. The van der Waals surface area contributed by atoms with E-state index in [1.165, 1.54) is 12.8 Å². The van der Waals surface area contributed by atoms with Gasteiger partial charge in [0.2, 0.25) is 0 Å². The fourth-order valence-corrected chi connectivity index (χ4v) is 0.860. The molecule has 3 N–H and O–H groups in total. The summed E-state index contributed by atoms with van der Waals surface area (Å²) >= 11 is 0. The largest absolute Gasteiger partial charge is 0.392 e. The summed E-state index contributed by atoms with van der Waals surface area (Å²) in [6.07, 6.45) is 2.13. The molecular formula is C8H18IN3O. The minimum Gasteiger partial charge on any atom is -0.392 e. The number of guanidine groups is 1. The van der Waals surface area contributed by atoms with Gasteiger partial charge in [-0.2, -0.15) is 0 Å². The summed E-state index contributed by atoms with van der Waals surface area (Å²) in [6.45, 7) is 2.30. The first kappa shape index (κ1) is 13.0. The molecule has 4 nitrogen and oxygen atoms in total. The minimum atomic E-state index is -0.331. The van der Waals surface area contributed by atoms with E-state index in [0.29, 0.717) is 12.6 Å². The van der Waals surface area contributed by atoms with Crippen LogP contribution in [0.2, 0.25) is 0 Å². The predicted molar refractivity (Wildman–Crippen MR) is 64.6 cm³/mol. The van der Waals surface area contributed by atoms with E-state index >= 15 is 0 Å². The fraction of sp³-hybridized carbons (Fsp3) is 0.875. The van der Waals surface area contributed by atoms with Gasteiger partial charge in [0, 0.05) is 19.6 Å². The first-order valence-electron chi connectivity index (χ1n) is 4.37. The Balaban J connectivity index is 0.00000144. The van der Waals surface area contributed by atoms with Crippen molar-refractivity contribution >= 4 is 29.9 Å². The highest BCUT2D eigenvalue weighted by atomic mass is 127. The number of rotatable bonds is 3. The van der Waals surface area contributed by atoms with Crippen molar-refractivity contribution in [2.75, 3.05) is 13.6 Å². The molecule has 0 unspecified atom stereocenters. The molecule has 1 fully saturated rings. The third-order valence-electron chi connectivity index (χ3n) is 1.71. The second-order valence-electron chi connectivity index (χ2n) is 3.22. The van der Waals surface area contributed by atoms with Crippen molar-refractivity contribution in [1.29, 1.82) is 0 Å². The molecule has 0 aromatic heterocycles. The monoisotopic (exact) mass is 299 g/mol. The minimum absolute atomic E-state index is 0. The van der Waals surface area contributed by atoms with E-state index in [1.807, 2.05) is 0 Å². The van der Waals surface area contributed by atoms with Crippen LogP contribution in [-0.2, 0) is 0 Å². The second-order valence-corrected chi connectivity index (χ2v) is 3.22. The van der Waals surface area contributed by atoms with Gasteiger partial charge in [0.1, 0.15) is 0 Å². The molecule has 0 aliphatic heterocycles.